The van der Waals surface area contributed by atoms with Gasteiger partial charge in [0.1, 0.15) is 0 Å². The molecule has 1 heterocycles. The second-order valence-electron chi connectivity index (χ2n) is 5.40. The Bertz CT molecular complexity index is 555. The van der Waals surface area contributed by atoms with E-state index < -0.39 is 0 Å². The summed E-state index contributed by atoms with van der Waals surface area (Å²) < 4.78 is 0. The Balaban J connectivity index is 2.24. The molecule has 2 nitrogen and oxygen atoms in total. The van der Waals surface area contributed by atoms with E-state index in [4.69, 9.17) is 17.3 Å². The van der Waals surface area contributed by atoms with Crippen LogP contribution in [-0.2, 0) is 11.8 Å². The Labute approximate surface area is 117 Å². The molecule has 0 fully saturated rings. The van der Waals surface area contributed by atoms with Crippen molar-refractivity contribution < 1.29 is 0 Å². The quantitative estimate of drug-likeness (QED) is 0.835. The van der Waals surface area contributed by atoms with Gasteiger partial charge in [0.15, 0.2) is 0 Å². The van der Waals surface area contributed by atoms with Gasteiger partial charge in [-0.25, -0.2) is 4.98 Å². The third-order valence-corrected chi connectivity index (χ3v) is 3.85. The number of hydrogen-bond donors (Lipinski definition) is 1. The van der Waals surface area contributed by atoms with Gasteiger partial charge in [0, 0.05) is 27.9 Å². The van der Waals surface area contributed by atoms with Gasteiger partial charge in [-0.2, -0.15) is 0 Å². The Hall–Kier alpha value is -1.06. The Morgan fingerprint density at radius 2 is 2.06 bits per heavy atom. The third-order valence-electron chi connectivity index (χ3n) is 2.77. The minimum atomic E-state index is 0.0919. The number of hydrogen-bond acceptors (Lipinski definition) is 3. The maximum absolute atomic E-state index is 5.99. The van der Waals surface area contributed by atoms with E-state index in [-0.39, 0.29) is 5.41 Å². The Morgan fingerprint density at radius 1 is 1.33 bits per heavy atom. The van der Waals surface area contributed by atoms with Crippen molar-refractivity contribution in [3.63, 3.8) is 0 Å². The molecule has 4 heteroatoms. The fourth-order valence-corrected chi connectivity index (χ4v) is 2.87. The third kappa shape index (κ3) is 3.03. The monoisotopic (exact) mass is 280 g/mol. The standard InChI is InChI=1S/C14H17ClN2S/c1-14(2,3)12-8-18-13(17-12)7-9-6-10(15)4-5-11(9)16/h4-6,8H,7,16H2,1-3H3. The normalized spacial score (nSPS) is 11.8. The van der Waals surface area contributed by atoms with Gasteiger partial charge in [-0.05, 0) is 23.8 Å². The van der Waals surface area contributed by atoms with Gasteiger partial charge < -0.3 is 5.73 Å². The smallest absolute Gasteiger partial charge is 0.0973 e. The predicted molar refractivity (Wildman–Crippen MR) is 79.5 cm³/mol. The first kappa shape index (κ1) is 13.4. The zero-order valence-corrected chi connectivity index (χ0v) is 12.4. The van der Waals surface area contributed by atoms with Crippen LogP contribution in [-0.4, -0.2) is 4.98 Å². The number of thiazole rings is 1. The van der Waals surface area contributed by atoms with Crippen LogP contribution in [0.2, 0.25) is 5.02 Å². The number of nitrogen functional groups attached to an aromatic ring is 1. The second kappa shape index (κ2) is 4.90. The van der Waals surface area contributed by atoms with E-state index in [0.717, 1.165) is 28.4 Å². The highest BCUT2D eigenvalue weighted by Gasteiger charge is 2.17. The molecule has 0 spiro atoms. The number of nitrogens with zero attached hydrogens (tertiary/aromatic N) is 1. The molecule has 0 atom stereocenters. The van der Waals surface area contributed by atoms with Crippen molar-refractivity contribution in [2.45, 2.75) is 32.6 Å². The first-order valence-electron chi connectivity index (χ1n) is 5.85. The molecule has 0 radical (unpaired) electrons. The van der Waals surface area contributed by atoms with Crippen LogP contribution in [0.25, 0.3) is 0 Å². The lowest BCUT2D eigenvalue weighted by Gasteiger charge is -2.14. The molecule has 96 valence electrons. The molecule has 2 rings (SSSR count). The topological polar surface area (TPSA) is 38.9 Å². The van der Waals surface area contributed by atoms with E-state index in [9.17, 15) is 0 Å². The lowest BCUT2D eigenvalue weighted by molar-refractivity contribution is 0.571. The molecule has 18 heavy (non-hydrogen) atoms. The van der Waals surface area contributed by atoms with Crippen LogP contribution in [0.4, 0.5) is 5.69 Å². The first-order chi connectivity index (χ1) is 8.36. The highest BCUT2D eigenvalue weighted by molar-refractivity contribution is 7.09. The molecule has 0 amide bonds. The van der Waals surface area contributed by atoms with E-state index in [0.29, 0.717) is 5.02 Å². The number of anilines is 1. The molecule has 1 aromatic heterocycles. The summed E-state index contributed by atoms with van der Waals surface area (Å²) in [5.41, 5.74) is 8.98. The molecule has 1 aromatic carbocycles. The van der Waals surface area contributed by atoms with Crippen molar-refractivity contribution >= 4 is 28.6 Å². The fourth-order valence-electron chi connectivity index (χ4n) is 1.63. The van der Waals surface area contributed by atoms with E-state index >= 15 is 0 Å². The van der Waals surface area contributed by atoms with Crippen molar-refractivity contribution in [3.05, 3.63) is 44.9 Å². The summed E-state index contributed by atoms with van der Waals surface area (Å²) in [6, 6.07) is 5.56. The van der Waals surface area contributed by atoms with Crippen LogP contribution in [0.15, 0.2) is 23.6 Å². The number of benzene rings is 1. The number of nitrogens with two attached hydrogens (primary N) is 1. The van der Waals surface area contributed by atoms with Gasteiger partial charge in [-0.1, -0.05) is 32.4 Å². The maximum atomic E-state index is 5.99. The van der Waals surface area contributed by atoms with E-state index in [1.165, 1.54) is 0 Å². The lowest BCUT2D eigenvalue weighted by atomic mass is 9.93. The molecule has 0 unspecified atom stereocenters. The zero-order valence-electron chi connectivity index (χ0n) is 10.8. The minimum Gasteiger partial charge on any atom is -0.398 e. The van der Waals surface area contributed by atoms with Crippen LogP contribution in [0.3, 0.4) is 0 Å². The highest BCUT2D eigenvalue weighted by Crippen LogP contribution is 2.27. The summed E-state index contributed by atoms with van der Waals surface area (Å²) in [5, 5.41) is 3.91. The van der Waals surface area contributed by atoms with E-state index in [1.54, 1.807) is 11.3 Å². The SMILES string of the molecule is CC(C)(C)c1csc(Cc2cc(Cl)ccc2N)n1. The van der Waals surface area contributed by atoms with Crippen molar-refractivity contribution in [1.29, 1.82) is 0 Å². The van der Waals surface area contributed by atoms with Crippen molar-refractivity contribution in [2.75, 3.05) is 5.73 Å². The molecule has 0 bridgehead atoms. The second-order valence-corrected chi connectivity index (χ2v) is 6.78. The summed E-state index contributed by atoms with van der Waals surface area (Å²) in [6.07, 6.45) is 0.743. The predicted octanol–water partition coefficient (Wildman–Crippen LogP) is 4.27. The van der Waals surface area contributed by atoms with E-state index in [2.05, 4.69) is 31.1 Å². The van der Waals surface area contributed by atoms with Crippen molar-refractivity contribution in [1.82, 2.24) is 4.98 Å². The van der Waals surface area contributed by atoms with Crippen LogP contribution in [0.1, 0.15) is 37.0 Å². The molecular weight excluding hydrogens is 264 g/mol. The summed E-state index contributed by atoms with van der Waals surface area (Å²) >= 11 is 7.66. The van der Waals surface area contributed by atoms with Gasteiger partial charge in [0.25, 0.3) is 0 Å². The van der Waals surface area contributed by atoms with Gasteiger partial charge in [0.05, 0.1) is 10.7 Å². The van der Waals surface area contributed by atoms with Gasteiger partial charge >= 0.3 is 0 Å². The van der Waals surface area contributed by atoms with E-state index in [1.807, 2.05) is 18.2 Å². The summed E-state index contributed by atoms with van der Waals surface area (Å²) in [6.45, 7) is 6.50. The van der Waals surface area contributed by atoms with Crippen LogP contribution < -0.4 is 5.73 Å². The fraction of sp³-hybridized carbons (Fsp3) is 0.357. The summed E-state index contributed by atoms with van der Waals surface area (Å²) in [4.78, 5) is 4.67. The average molecular weight is 281 g/mol. The lowest BCUT2D eigenvalue weighted by Crippen LogP contribution is -2.11. The summed E-state index contributed by atoms with van der Waals surface area (Å²) in [7, 11) is 0. The molecule has 2 N–H and O–H groups in total. The summed E-state index contributed by atoms with van der Waals surface area (Å²) in [5.74, 6) is 0. The maximum Gasteiger partial charge on any atom is 0.0973 e. The molecule has 2 aromatic rings. The first-order valence-corrected chi connectivity index (χ1v) is 7.11. The van der Waals surface area contributed by atoms with Gasteiger partial charge in [0.2, 0.25) is 0 Å². The van der Waals surface area contributed by atoms with Crippen LogP contribution >= 0.6 is 22.9 Å². The largest absolute Gasteiger partial charge is 0.398 e. The van der Waals surface area contributed by atoms with Crippen molar-refractivity contribution in [3.8, 4) is 0 Å². The number of halogens is 1. The molecule has 0 aliphatic heterocycles. The van der Waals surface area contributed by atoms with Crippen molar-refractivity contribution in [2.24, 2.45) is 0 Å². The molecule has 0 saturated heterocycles. The molecule has 0 saturated carbocycles. The van der Waals surface area contributed by atoms with Gasteiger partial charge in [-0.15, -0.1) is 11.3 Å². The minimum absolute atomic E-state index is 0.0919. The Morgan fingerprint density at radius 3 is 2.67 bits per heavy atom. The molecular formula is C14H17ClN2S. The number of aromatic nitrogens is 1. The highest BCUT2D eigenvalue weighted by atomic mass is 35.5. The Kier molecular flexibility index (Phi) is 3.64. The molecule has 0 aliphatic carbocycles. The van der Waals surface area contributed by atoms with Crippen LogP contribution in [0.5, 0.6) is 0 Å². The average Bonchev–Trinajstić information content (AvgIpc) is 2.71. The number of rotatable bonds is 2. The molecule has 0 aliphatic rings. The zero-order chi connectivity index (χ0) is 13.3. The van der Waals surface area contributed by atoms with Gasteiger partial charge in [-0.3, -0.25) is 0 Å². The van der Waals surface area contributed by atoms with Crippen LogP contribution in [0, 0.1) is 0 Å².